The molecule has 0 amide bonds. The summed E-state index contributed by atoms with van der Waals surface area (Å²) < 4.78 is 17.6. The van der Waals surface area contributed by atoms with Gasteiger partial charge in [0.2, 0.25) is 0 Å². The highest BCUT2D eigenvalue weighted by molar-refractivity contribution is 5.21. The summed E-state index contributed by atoms with van der Waals surface area (Å²) in [4.78, 5) is 0. The third kappa shape index (κ3) is 1.17. The van der Waals surface area contributed by atoms with Gasteiger partial charge in [-0.05, 0) is 32.3 Å². The van der Waals surface area contributed by atoms with Crippen LogP contribution >= 0.6 is 0 Å². The van der Waals surface area contributed by atoms with Gasteiger partial charge in [0.05, 0.1) is 6.10 Å². The van der Waals surface area contributed by atoms with Crippen molar-refractivity contribution in [2.24, 2.45) is 5.41 Å². The van der Waals surface area contributed by atoms with Crippen LogP contribution in [0.15, 0.2) is 12.2 Å². The molecule has 1 aliphatic carbocycles. The molecular weight excluding hydrogens is 192 g/mol. The summed E-state index contributed by atoms with van der Waals surface area (Å²) in [6, 6.07) is 0. The lowest BCUT2D eigenvalue weighted by molar-refractivity contribution is -0.210. The van der Waals surface area contributed by atoms with Gasteiger partial charge in [-0.1, -0.05) is 13.5 Å². The van der Waals surface area contributed by atoms with Crippen molar-refractivity contribution in [2.75, 3.05) is 0 Å². The Morgan fingerprint density at radius 1 is 1.27 bits per heavy atom. The molecule has 2 saturated heterocycles. The van der Waals surface area contributed by atoms with E-state index < -0.39 is 5.79 Å². The van der Waals surface area contributed by atoms with Crippen molar-refractivity contribution in [1.29, 1.82) is 0 Å². The Balaban J connectivity index is 1.92. The fourth-order valence-corrected chi connectivity index (χ4v) is 3.11. The molecule has 0 bridgehead atoms. The predicted molar refractivity (Wildman–Crippen MR) is 55.2 cm³/mol. The molecule has 3 rings (SSSR count). The molecule has 2 heterocycles. The van der Waals surface area contributed by atoms with Gasteiger partial charge in [0.1, 0.15) is 6.10 Å². The van der Waals surface area contributed by atoms with Gasteiger partial charge in [-0.2, -0.15) is 0 Å². The predicted octanol–water partition coefficient (Wildman–Crippen LogP) is 2.22. The fraction of sp³-hybridized carbons (Fsp3) is 0.833. The zero-order valence-corrected chi connectivity index (χ0v) is 9.58. The second-order valence-electron chi connectivity index (χ2n) is 5.60. The van der Waals surface area contributed by atoms with Crippen LogP contribution in [0.1, 0.15) is 33.6 Å². The molecule has 0 radical (unpaired) electrons. The second-order valence-corrected chi connectivity index (χ2v) is 5.60. The molecule has 84 valence electrons. The van der Waals surface area contributed by atoms with Crippen molar-refractivity contribution in [3.05, 3.63) is 12.2 Å². The van der Waals surface area contributed by atoms with E-state index in [-0.39, 0.29) is 23.9 Å². The average Bonchev–Trinajstić information content (AvgIpc) is 2.65. The lowest BCUT2D eigenvalue weighted by atomic mass is 9.82. The van der Waals surface area contributed by atoms with Crippen molar-refractivity contribution < 1.29 is 14.2 Å². The first-order valence-corrected chi connectivity index (χ1v) is 5.61. The van der Waals surface area contributed by atoms with Gasteiger partial charge < -0.3 is 14.2 Å². The standard InChI is InChI=1S/C12H18O3/c1-7-5-6-12(4)8(7)13-10-9(12)14-11(2,3)15-10/h8-10H,1,5-6H2,2-4H3/t8-,9+,10-,12+/m1/s1. The minimum Gasteiger partial charge on any atom is -0.341 e. The molecule has 0 aromatic rings. The Hall–Kier alpha value is -0.380. The number of hydrogen-bond donors (Lipinski definition) is 0. The molecule has 0 unspecified atom stereocenters. The van der Waals surface area contributed by atoms with E-state index in [9.17, 15) is 0 Å². The summed E-state index contributed by atoms with van der Waals surface area (Å²) in [5, 5.41) is 0. The monoisotopic (exact) mass is 210 g/mol. The summed E-state index contributed by atoms with van der Waals surface area (Å²) in [6.45, 7) is 10.2. The number of ether oxygens (including phenoxy) is 3. The van der Waals surface area contributed by atoms with Crippen molar-refractivity contribution in [3.8, 4) is 0 Å². The smallest absolute Gasteiger partial charge is 0.188 e. The Labute approximate surface area is 90.4 Å². The van der Waals surface area contributed by atoms with E-state index in [0.717, 1.165) is 12.8 Å². The van der Waals surface area contributed by atoms with Crippen LogP contribution in [0.3, 0.4) is 0 Å². The lowest BCUT2D eigenvalue weighted by Gasteiger charge is -2.29. The van der Waals surface area contributed by atoms with E-state index in [4.69, 9.17) is 14.2 Å². The number of fused-ring (bicyclic) bond motifs is 3. The Morgan fingerprint density at radius 3 is 2.73 bits per heavy atom. The average molecular weight is 210 g/mol. The van der Waals surface area contributed by atoms with E-state index in [1.54, 1.807) is 0 Å². The zero-order valence-electron chi connectivity index (χ0n) is 9.58. The van der Waals surface area contributed by atoms with Crippen LogP contribution in [0, 0.1) is 5.41 Å². The van der Waals surface area contributed by atoms with Gasteiger partial charge in [-0.3, -0.25) is 0 Å². The van der Waals surface area contributed by atoms with E-state index in [1.165, 1.54) is 5.57 Å². The summed E-state index contributed by atoms with van der Waals surface area (Å²) in [5.41, 5.74) is 1.26. The minimum absolute atomic E-state index is 0.0650. The maximum atomic E-state index is 5.95. The van der Waals surface area contributed by atoms with Crippen LogP contribution < -0.4 is 0 Å². The maximum absolute atomic E-state index is 5.95. The van der Waals surface area contributed by atoms with Crippen LogP contribution in [0.25, 0.3) is 0 Å². The molecule has 3 aliphatic rings. The summed E-state index contributed by atoms with van der Waals surface area (Å²) in [7, 11) is 0. The lowest BCUT2D eigenvalue weighted by Crippen LogP contribution is -2.36. The van der Waals surface area contributed by atoms with Crippen molar-refractivity contribution >= 4 is 0 Å². The van der Waals surface area contributed by atoms with Gasteiger partial charge in [0, 0.05) is 5.41 Å². The molecule has 3 fully saturated rings. The Bertz CT molecular complexity index is 323. The highest BCUT2D eigenvalue weighted by atomic mass is 16.8. The first-order valence-electron chi connectivity index (χ1n) is 5.61. The summed E-state index contributed by atoms with van der Waals surface area (Å²) in [5.74, 6) is -0.507. The number of rotatable bonds is 0. The molecule has 4 atom stereocenters. The van der Waals surface area contributed by atoms with E-state index in [0.29, 0.717) is 0 Å². The highest BCUT2D eigenvalue weighted by Crippen LogP contribution is 2.56. The highest BCUT2D eigenvalue weighted by Gasteiger charge is 2.63. The van der Waals surface area contributed by atoms with Crippen LogP contribution in [0.5, 0.6) is 0 Å². The van der Waals surface area contributed by atoms with E-state index in [2.05, 4.69) is 13.5 Å². The third-order valence-electron chi connectivity index (χ3n) is 3.93. The molecule has 3 nitrogen and oxygen atoms in total. The van der Waals surface area contributed by atoms with Gasteiger partial charge in [-0.15, -0.1) is 0 Å². The van der Waals surface area contributed by atoms with Crippen LogP contribution in [0.2, 0.25) is 0 Å². The van der Waals surface area contributed by atoms with E-state index >= 15 is 0 Å². The van der Waals surface area contributed by atoms with Gasteiger partial charge >= 0.3 is 0 Å². The summed E-state index contributed by atoms with van der Waals surface area (Å²) in [6.07, 6.45) is 2.14. The van der Waals surface area contributed by atoms with Crippen LogP contribution in [0.4, 0.5) is 0 Å². The molecule has 0 N–H and O–H groups in total. The zero-order chi connectivity index (χ0) is 10.8. The topological polar surface area (TPSA) is 27.7 Å². The molecule has 0 aromatic carbocycles. The van der Waals surface area contributed by atoms with Crippen molar-refractivity contribution in [1.82, 2.24) is 0 Å². The minimum atomic E-state index is -0.507. The second kappa shape index (κ2) is 2.65. The first kappa shape index (κ1) is 9.82. The third-order valence-corrected chi connectivity index (χ3v) is 3.93. The van der Waals surface area contributed by atoms with Gasteiger partial charge in [0.15, 0.2) is 12.1 Å². The molecule has 3 heteroatoms. The molecular formula is C12H18O3. The molecule has 0 aromatic heterocycles. The molecule has 15 heavy (non-hydrogen) atoms. The maximum Gasteiger partial charge on any atom is 0.188 e. The summed E-state index contributed by atoms with van der Waals surface area (Å²) >= 11 is 0. The molecule has 2 aliphatic heterocycles. The molecule has 0 spiro atoms. The largest absolute Gasteiger partial charge is 0.341 e. The van der Waals surface area contributed by atoms with Crippen molar-refractivity contribution in [2.45, 2.75) is 57.9 Å². The van der Waals surface area contributed by atoms with Gasteiger partial charge in [-0.25, -0.2) is 0 Å². The first-order chi connectivity index (χ1) is 6.92. The fourth-order valence-electron chi connectivity index (χ4n) is 3.11. The van der Waals surface area contributed by atoms with Crippen molar-refractivity contribution in [3.63, 3.8) is 0 Å². The quantitative estimate of drug-likeness (QED) is 0.574. The van der Waals surface area contributed by atoms with Crippen LogP contribution in [-0.4, -0.2) is 24.3 Å². The number of hydrogen-bond acceptors (Lipinski definition) is 3. The van der Waals surface area contributed by atoms with Crippen LogP contribution in [-0.2, 0) is 14.2 Å². The Morgan fingerprint density at radius 2 is 2.00 bits per heavy atom. The van der Waals surface area contributed by atoms with Gasteiger partial charge in [0.25, 0.3) is 0 Å². The molecule has 1 saturated carbocycles. The normalized spacial score (nSPS) is 51.9. The Kier molecular flexibility index (Phi) is 1.73. The SMILES string of the molecule is C=C1CC[C@@]2(C)[C@@H]1O[C@@H]1OC(C)(C)O[C@@H]12. The van der Waals surface area contributed by atoms with E-state index in [1.807, 2.05) is 13.8 Å².